The van der Waals surface area contributed by atoms with E-state index in [9.17, 15) is 13.2 Å². The second kappa shape index (κ2) is 7.56. The van der Waals surface area contributed by atoms with Crippen molar-refractivity contribution >= 4 is 61.4 Å². The van der Waals surface area contributed by atoms with Crippen LogP contribution in [0.4, 0.5) is 5.69 Å². The molecule has 0 aliphatic rings. The number of nitrogens with one attached hydrogen (secondary N) is 1. The fourth-order valence-corrected chi connectivity index (χ4v) is 6.50. The van der Waals surface area contributed by atoms with E-state index in [0.29, 0.717) is 20.4 Å². The van der Waals surface area contributed by atoms with E-state index in [1.54, 1.807) is 30.8 Å². The van der Waals surface area contributed by atoms with Crippen LogP contribution >= 0.6 is 34.7 Å². The number of thiophene rings is 1. The molecule has 150 valence electrons. The summed E-state index contributed by atoms with van der Waals surface area (Å²) >= 11 is 8.31. The van der Waals surface area contributed by atoms with Gasteiger partial charge in [0, 0.05) is 23.9 Å². The van der Waals surface area contributed by atoms with Crippen molar-refractivity contribution in [2.45, 2.75) is 14.0 Å². The average Bonchev–Trinajstić information content (AvgIpc) is 3.22. The summed E-state index contributed by atoms with van der Waals surface area (Å²) in [5.74, 6) is 0. The number of nitrogens with zero attached hydrogens (tertiary/aromatic N) is 2. The minimum absolute atomic E-state index is 0.125. The molecule has 1 N–H and O–H groups in total. The Labute approximate surface area is 180 Å². The van der Waals surface area contributed by atoms with Gasteiger partial charge in [0.05, 0.1) is 21.1 Å². The molecule has 0 fully saturated rings. The van der Waals surface area contributed by atoms with Gasteiger partial charge in [-0.15, -0.1) is 11.3 Å². The van der Waals surface area contributed by atoms with E-state index in [0.717, 1.165) is 21.7 Å². The van der Waals surface area contributed by atoms with Gasteiger partial charge in [0.1, 0.15) is 4.21 Å². The molecule has 0 bridgehead atoms. The minimum Gasteiger partial charge on any atom is -0.295 e. The first-order chi connectivity index (χ1) is 13.8. The van der Waals surface area contributed by atoms with Gasteiger partial charge in [-0.2, -0.15) is 0 Å². The molecule has 0 spiro atoms. The van der Waals surface area contributed by atoms with Gasteiger partial charge in [0.2, 0.25) is 0 Å². The highest BCUT2D eigenvalue weighted by Crippen LogP contribution is 2.38. The number of aromatic nitrogens is 2. The molecule has 0 amide bonds. The number of benzene rings is 2. The van der Waals surface area contributed by atoms with E-state index in [1.807, 2.05) is 36.4 Å². The number of rotatable bonds is 5. The SMILES string of the molecule is Cn1c(=O)n(C)c2cc(Sc3ccccc3)c(NS(=O)(=O)c3ccc(Cl)s3)cc21. The summed E-state index contributed by atoms with van der Waals surface area (Å²) in [5.41, 5.74) is 1.58. The summed E-state index contributed by atoms with van der Waals surface area (Å²) < 4.78 is 32.0. The summed E-state index contributed by atoms with van der Waals surface area (Å²) in [6, 6.07) is 16.2. The smallest absolute Gasteiger partial charge is 0.295 e. The van der Waals surface area contributed by atoms with E-state index >= 15 is 0 Å². The Morgan fingerprint density at radius 3 is 2.28 bits per heavy atom. The number of anilines is 1. The van der Waals surface area contributed by atoms with Crippen molar-refractivity contribution in [3.63, 3.8) is 0 Å². The van der Waals surface area contributed by atoms with Gasteiger partial charge in [0.15, 0.2) is 0 Å². The molecule has 29 heavy (non-hydrogen) atoms. The Kier molecular flexibility index (Phi) is 5.24. The van der Waals surface area contributed by atoms with Crippen LogP contribution in [0, 0.1) is 0 Å². The van der Waals surface area contributed by atoms with Crippen molar-refractivity contribution in [2.75, 3.05) is 4.72 Å². The first-order valence-corrected chi connectivity index (χ1v) is 12.0. The Hall–Kier alpha value is -2.20. The van der Waals surface area contributed by atoms with Crippen LogP contribution in [0.5, 0.6) is 0 Å². The fourth-order valence-electron chi connectivity index (χ4n) is 2.94. The van der Waals surface area contributed by atoms with Gasteiger partial charge in [-0.25, -0.2) is 13.2 Å². The predicted octanol–water partition coefficient (Wildman–Crippen LogP) is 4.54. The number of aryl methyl sites for hydroxylation is 2. The average molecular weight is 466 g/mol. The van der Waals surface area contributed by atoms with E-state index < -0.39 is 10.0 Å². The van der Waals surface area contributed by atoms with Crippen molar-refractivity contribution in [3.8, 4) is 0 Å². The Morgan fingerprint density at radius 2 is 1.66 bits per heavy atom. The van der Waals surface area contributed by atoms with Crippen molar-refractivity contribution in [2.24, 2.45) is 14.1 Å². The molecule has 0 unspecified atom stereocenters. The van der Waals surface area contributed by atoms with Crippen LogP contribution in [-0.4, -0.2) is 17.6 Å². The summed E-state index contributed by atoms with van der Waals surface area (Å²) in [5, 5.41) is 0. The van der Waals surface area contributed by atoms with Crippen LogP contribution in [0.2, 0.25) is 4.34 Å². The van der Waals surface area contributed by atoms with Crippen LogP contribution in [0.25, 0.3) is 11.0 Å². The van der Waals surface area contributed by atoms with E-state index in [1.165, 1.54) is 22.4 Å². The highest BCUT2D eigenvalue weighted by Gasteiger charge is 2.21. The van der Waals surface area contributed by atoms with Crippen molar-refractivity contribution < 1.29 is 8.42 Å². The monoisotopic (exact) mass is 465 g/mol. The van der Waals surface area contributed by atoms with Gasteiger partial charge in [-0.3, -0.25) is 13.9 Å². The van der Waals surface area contributed by atoms with E-state index in [4.69, 9.17) is 11.6 Å². The predicted molar refractivity (Wildman–Crippen MR) is 119 cm³/mol. The highest BCUT2D eigenvalue weighted by atomic mass is 35.5. The molecule has 2 aromatic carbocycles. The third-order valence-corrected chi connectivity index (χ3v) is 8.56. The molecule has 2 aromatic heterocycles. The van der Waals surface area contributed by atoms with Gasteiger partial charge in [-0.1, -0.05) is 41.6 Å². The summed E-state index contributed by atoms with van der Waals surface area (Å²) in [6.07, 6.45) is 0. The lowest BCUT2D eigenvalue weighted by molar-refractivity contribution is 0.603. The molecule has 0 atom stereocenters. The number of halogens is 1. The number of imidazole rings is 1. The summed E-state index contributed by atoms with van der Waals surface area (Å²) in [4.78, 5) is 14.0. The second-order valence-corrected chi connectivity index (χ2v) is 11.1. The van der Waals surface area contributed by atoms with E-state index in [-0.39, 0.29) is 9.90 Å². The molecule has 0 aliphatic heterocycles. The topological polar surface area (TPSA) is 73.1 Å². The molecule has 4 rings (SSSR count). The molecule has 0 saturated heterocycles. The van der Waals surface area contributed by atoms with E-state index in [2.05, 4.69) is 4.72 Å². The molecule has 0 saturated carbocycles. The molecule has 0 aliphatic carbocycles. The molecule has 0 radical (unpaired) electrons. The third-order valence-electron chi connectivity index (χ3n) is 4.40. The number of fused-ring (bicyclic) bond motifs is 1. The number of hydrogen-bond acceptors (Lipinski definition) is 5. The minimum atomic E-state index is -3.82. The lowest BCUT2D eigenvalue weighted by atomic mass is 10.3. The number of sulfonamides is 1. The van der Waals surface area contributed by atoms with Crippen LogP contribution in [0.1, 0.15) is 0 Å². The van der Waals surface area contributed by atoms with Crippen LogP contribution < -0.4 is 10.4 Å². The molecule has 2 heterocycles. The fraction of sp³-hybridized carbons (Fsp3) is 0.105. The maximum absolute atomic E-state index is 12.9. The first kappa shape index (κ1) is 20.1. The molecule has 10 heteroatoms. The second-order valence-electron chi connectivity index (χ2n) is 6.32. The zero-order chi connectivity index (χ0) is 20.8. The first-order valence-electron chi connectivity index (χ1n) is 8.47. The van der Waals surface area contributed by atoms with Gasteiger partial charge in [-0.05, 0) is 36.4 Å². The quantitative estimate of drug-likeness (QED) is 0.469. The van der Waals surface area contributed by atoms with Crippen molar-refractivity contribution in [1.29, 1.82) is 0 Å². The van der Waals surface area contributed by atoms with Crippen molar-refractivity contribution in [3.05, 3.63) is 69.4 Å². The molecular formula is C19H16ClN3O3S3. The molecule has 6 nitrogen and oxygen atoms in total. The zero-order valence-electron chi connectivity index (χ0n) is 15.4. The van der Waals surface area contributed by atoms with Crippen LogP contribution in [0.3, 0.4) is 0 Å². The van der Waals surface area contributed by atoms with Crippen molar-refractivity contribution in [1.82, 2.24) is 9.13 Å². The third kappa shape index (κ3) is 3.83. The Morgan fingerprint density at radius 1 is 1.00 bits per heavy atom. The number of hydrogen-bond donors (Lipinski definition) is 1. The normalized spacial score (nSPS) is 11.8. The highest BCUT2D eigenvalue weighted by molar-refractivity contribution is 7.99. The zero-order valence-corrected chi connectivity index (χ0v) is 18.6. The Balaban J connectivity index is 1.87. The van der Waals surface area contributed by atoms with Gasteiger partial charge >= 0.3 is 5.69 Å². The maximum atomic E-state index is 12.9. The van der Waals surface area contributed by atoms with Crippen LogP contribution in [0.15, 0.2) is 73.4 Å². The van der Waals surface area contributed by atoms with Gasteiger partial charge < -0.3 is 0 Å². The van der Waals surface area contributed by atoms with Crippen LogP contribution in [-0.2, 0) is 24.1 Å². The standard InChI is InChI=1S/C19H16ClN3O3S3/c1-22-14-10-13(21-29(25,26)18-9-8-17(20)28-18)16(11-15(14)23(2)19(22)24)27-12-6-4-3-5-7-12/h3-11,21H,1-2H3. The van der Waals surface area contributed by atoms with Gasteiger partial charge in [0.25, 0.3) is 10.0 Å². The lowest BCUT2D eigenvalue weighted by Crippen LogP contribution is -2.19. The summed E-state index contributed by atoms with van der Waals surface area (Å²) in [7, 11) is -0.463. The molecule has 4 aromatic rings. The maximum Gasteiger partial charge on any atom is 0.328 e. The summed E-state index contributed by atoms with van der Waals surface area (Å²) in [6.45, 7) is 0. The Bertz CT molecular complexity index is 1370. The largest absolute Gasteiger partial charge is 0.328 e. The lowest BCUT2D eigenvalue weighted by Gasteiger charge is -2.13. The molecular weight excluding hydrogens is 450 g/mol.